The van der Waals surface area contributed by atoms with E-state index in [1.165, 1.54) is 55.7 Å². The van der Waals surface area contributed by atoms with Crippen molar-refractivity contribution in [2.75, 3.05) is 26.4 Å². The lowest BCUT2D eigenvalue weighted by molar-refractivity contribution is 0.425. The van der Waals surface area contributed by atoms with Crippen LogP contribution in [0.25, 0.3) is 0 Å². The fourth-order valence-electron chi connectivity index (χ4n) is 2.20. The van der Waals surface area contributed by atoms with Crippen molar-refractivity contribution in [2.24, 2.45) is 0 Å². The van der Waals surface area contributed by atoms with Crippen LogP contribution in [0.5, 0.6) is 0 Å². The molecular formula is C15H34N2O2S. The number of nitrogens with one attached hydrogen (secondary N) is 1. The van der Waals surface area contributed by atoms with Crippen molar-refractivity contribution in [1.29, 1.82) is 0 Å². The molecule has 122 valence electrons. The van der Waals surface area contributed by atoms with E-state index >= 15 is 0 Å². The van der Waals surface area contributed by atoms with Crippen LogP contribution in [0.2, 0.25) is 0 Å². The van der Waals surface area contributed by atoms with E-state index in [1.54, 1.807) is 14.1 Å². The third kappa shape index (κ3) is 9.72. The van der Waals surface area contributed by atoms with Crippen molar-refractivity contribution in [3.8, 4) is 0 Å². The van der Waals surface area contributed by atoms with Crippen molar-refractivity contribution in [3.63, 3.8) is 0 Å². The largest absolute Gasteiger partial charge is 0.313 e. The van der Waals surface area contributed by atoms with Crippen LogP contribution < -0.4 is 5.32 Å². The van der Waals surface area contributed by atoms with E-state index in [0.717, 1.165) is 0 Å². The van der Waals surface area contributed by atoms with Crippen LogP contribution in [0.15, 0.2) is 0 Å². The first kappa shape index (κ1) is 19.9. The molecule has 0 aromatic rings. The number of rotatable bonds is 13. The van der Waals surface area contributed by atoms with Crippen LogP contribution in [0.3, 0.4) is 0 Å². The molecule has 5 heteroatoms. The Morgan fingerprint density at radius 3 is 1.85 bits per heavy atom. The standard InChI is InChI=1S/C15H34N2O2S/c1-5-7-9-11-15(12-10-8-6-2)16-13-14-20(18,19)17(3)4/h15-16H,5-14H2,1-4H3. The molecule has 0 atom stereocenters. The molecule has 0 aliphatic heterocycles. The van der Waals surface area contributed by atoms with Gasteiger partial charge in [-0.05, 0) is 12.8 Å². The van der Waals surface area contributed by atoms with Gasteiger partial charge in [-0.15, -0.1) is 0 Å². The van der Waals surface area contributed by atoms with Crippen molar-refractivity contribution in [2.45, 2.75) is 71.3 Å². The zero-order valence-electron chi connectivity index (χ0n) is 13.8. The summed E-state index contributed by atoms with van der Waals surface area (Å²) in [7, 11) is 0.112. The van der Waals surface area contributed by atoms with Gasteiger partial charge in [-0.25, -0.2) is 12.7 Å². The Morgan fingerprint density at radius 1 is 0.950 bits per heavy atom. The summed E-state index contributed by atoms with van der Waals surface area (Å²) in [6.45, 7) is 4.98. The number of sulfonamides is 1. The summed E-state index contributed by atoms with van der Waals surface area (Å²) in [6.07, 6.45) is 9.80. The Bertz CT molecular complexity index is 306. The van der Waals surface area contributed by atoms with E-state index in [2.05, 4.69) is 19.2 Å². The molecule has 0 aliphatic rings. The molecule has 0 heterocycles. The highest BCUT2D eigenvalue weighted by atomic mass is 32.2. The maximum atomic E-state index is 11.7. The fraction of sp³-hybridized carbons (Fsp3) is 1.00. The van der Waals surface area contributed by atoms with Crippen LogP contribution in [0, 0.1) is 0 Å². The lowest BCUT2D eigenvalue weighted by Crippen LogP contribution is -2.36. The van der Waals surface area contributed by atoms with Crippen LogP contribution >= 0.6 is 0 Å². The summed E-state index contributed by atoms with van der Waals surface area (Å²) in [5, 5.41) is 3.44. The topological polar surface area (TPSA) is 49.4 Å². The average Bonchev–Trinajstić information content (AvgIpc) is 2.38. The SMILES string of the molecule is CCCCCC(CCCCC)NCCS(=O)(=O)N(C)C. The zero-order chi connectivity index (χ0) is 15.4. The Hall–Kier alpha value is -0.130. The normalized spacial score (nSPS) is 12.5. The zero-order valence-corrected chi connectivity index (χ0v) is 14.6. The van der Waals surface area contributed by atoms with Gasteiger partial charge in [-0.3, -0.25) is 0 Å². The highest BCUT2D eigenvalue weighted by Crippen LogP contribution is 2.11. The molecule has 0 amide bonds. The summed E-state index contributed by atoms with van der Waals surface area (Å²) in [6, 6.07) is 0.477. The minimum Gasteiger partial charge on any atom is -0.313 e. The minimum atomic E-state index is -3.07. The summed E-state index contributed by atoms with van der Waals surface area (Å²) >= 11 is 0. The van der Waals surface area contributed by atoms with Crippen molar-refractivity contribution in [1.82, 2.24) is 9.62 Å². The quantitative estimate of drug-likeness (QED) is 0.532. The lowest BCUT2D eigenvalue weighted by Gasteiger charge is -2.19. The molecule has 0 fully saturated rings. The summed E-state index contributed by atoms with van der Waals surface area (Å²) in [5.41, 5.74) is 0. The van der Waals surface area contributed by atoms with E-state index in [4.69, 9.17) is 0 Å². The van der Waals surface area contributed by atoms with Gasteiger partial charge in [0.2, 0.25) is 10.0 Å². The number of nitrogens with zero attached hydrogens (tertiary/aromatic N) is 1. The van der Waals surface area contributed by atoms with E-state index < -0.39 is 10.0 Å². The molecule has 0 aromatic carbocycles. The molecule has 0 saturated carbocycles. The molecular weight excluding hydrogens is 272 g/mol. The Morgan fingerprint density at radius 2 is 1.45 bits per heavy atom. The van der Waals surface area contributed by atoms with Gasteiger partial charge in [0.15, 0.2) is 0 Å². The monoisotopic (exact) mass is 306 g/mol. The highest BCUT2D eigenvalue weighted by molar-refractivity contribution is 7.89. The fourth-order valence-corrected chi connectivity index (χ4v) is 2.95. The van der Waals surface area contributed by atoms with Gasteiger partial charge in [0, 0.05) is 26.7 Å². The Kier molecular flexibility index (Phi) is 11.4. The van der Waals surface area contributed by atoms with Crippen LogP contribution in [-0.2, 0) is 10.0 Å². The predicted molar refractivity (Wildman–Crippen MR) is 87.5 cm³/mol. The molecule has 0 saturated heterocycles. The second-order valence-corrected chi connectivity index (χ2v) is 8.04. The van der Waals surface area contributed by atoms with Gasteiger partial charge in [-0.1, -0.05) is 52.4 Å². The molecule has 0 rings (SSSR count). The maximum Gasteiger partial charge on any atom is 0.214 e. The smallest absolute Gasteiger partial charge is 0.214 e. The molecule has 0 aromatic heterocycles. The lowest BCUT2D eigenvalue weighted by atomic mass is 10.0. The van der Waals surface area contributed by atoms with E-state index in [1.807, 2.05) is 0 Å². The van der Waals surface area contributed by atoms with Gasteiger partial charge in [-0.2, -0.15) is 0 Å². The van der Waals surface area contributed by atoms with Gasteiger partial charge >= 0.3 is 0 Å². The third-order valence-electron chi connectivity index (χ3n) is 3.66. The second-order valence-electron chi connectivity index (χ2n) is 5.74. The average molecular weight is 307 g/mol. The number of hydrogen-bond acceptors (Lipinski definition) is 3. The molecule has 4 nitrogen and oxygen atoms in total. The number of hydrogen-bond donors (Lipinski definition) is 1. The van der Waals surface area contributed by atoms with Crippen molar-refractivity contribution in [3.05, 3.63) is 0 Å². The van der Waals surface area contributed by atoms with Gasteiger partial charge in [0.05, 0.1) is 5.75 Å². The molecule has 0 radical (unpaired) electrons. The second kappa shape index (κ2) is 11.5. The van der Waals surface area contributed by atoms with E-state index in [0.29, 0.717) is 12.6 Å². The van der Waals surface area contributed by atoms with Crippen molar-refractivity contribution < 1.29 is 8.42 Å². The van der Waals surface area contributed by atoms with Gasteiger partial charge in [0.1, 0.15) is 0 Å². The van der Waals surface area contributed by atoms with E-state index in [9.17, 15) is 8.42 Å². The molecule has 20 heavy (non-hydrogen) atoms. The van der Waals surface area contributed by atoms with Gasteiger partial charge in [0.25, 0.3) is 0 Å². The first-order chi connectivity index (χ1) is 9.44. The van der Waals surface area contributed by atoms with Gasteiger partial charge < -0.3 is 5.32 Å². The maximum absolute atomic E-state index is 11.7. The first-order valence-electron chi connectivity index (χ1n) is 8.07. The molecule has 0 spiro atoms. The highest BCUT2D eigenvalue weighted by Gasteiger charge is 2.14. The third-order valence-corrected chi connectivity index (χ3v) is 5.49. The minimum absolute atomic E-state index is 0.193. The van der Waals surface area contributed by atoms with Crippen LogP contribution in [0.1, 0.15) is 65.2 Å². The number of unbranched alkanes of at least 4 members (excludes halogenated alkanes) is 4. The summed E-state index contributed by atoms with van der Waals surface area (Å²) in [5.74, 6) is 0.193. The Labute approximate surface area is 126 Å². The first-order valence-corrected chi connectivity index (χ1v) is 9.68. The summed E-state index contributed by atoms with van der Waals surface area (Å²) in [4.78, 5) is 0. The summed E-state index contributed by atoms with van der Waals surface area (Å²) < 4.78 is 24.7. The van der Waals surface area contributed by atoms with Crippen LogP contribution in [-0.4, -0.2) is 45.2 Å². The molecule has 0 aliphatic carbocycles. The van der Waals surface area contributed by atoms with E-state index in [-0.39, 0.29) is 5.75 Å². The predicted octanol–water partition coefficient (Wildman–Crippen LogP) is 3.00. The van der Waals surface area contributed by atoms with Crippen LogP contribution in [0.4, 0.5) is 0 Å². The molecule has 1 N–H and O–H groups in total. The molecule has 0 unspecified atom stereocenters. The van der Waals surface area contributed by atoms with Crippen molar-refractivity contribution >= 4 is 10.0 Å². The Balaban J connectivity index is 4.06. The molecule has 0 bridgehead atoms.